The lowest BCUT2D eigenvalue weighted by Gasteiger charge is -2.40. The molecule has 2 aliphatic heterocycles. The molecule has 6 heteroatoms. The van der Waals surface area contributed by atoms with Gasteiger partial charge in [0.15, 0.2) is 0 Å². The first-order valence-electron chi connectivity index (χ1n) is 14.1. The summed E-state index contributed by atoms with van der Waals surface area (Å²) in [4.78, 5) is 32.5. The fourth-order valence-corrected chi connectivity index (χ4v) is 6.77. The molecule has 0 N–H and O–H groups in total. The molecule has 0 unspecified atom stereocenters. The van der Waals surface area contributed by atoms with Crippen LogP contribution < -0.4 is 0 Å². The molecule has 198 valence electrons. The van der Waals surface area contributed by atoms with E-state index in [-0.39, 0.29) is 18.0 Å². The summed E-state index contributed by atoms with van der Waals surface area (Å²) in [6.07, 6.45) is 6.83. The van der Waals surface area contributed by atoms with Gasteiger partial charge >= 0.3 is 6.09 Å². The van der Waals surface area contributed by atoms with E-state index in [1.165, 1.54) is 38.4 Å². The number of hydrogen-bond donors (Lipinski definition) is 0. The Morgan fingerprint density at radius 3 is 2.19 bits per heavy atom. The molecule has 2 aromatic carbocycles. The molecule has 0 bridgehead atoms. The van der Waals surface area contributed by atoms with Crippen molar-refractivity contribution in [3.63, 3.8) is 0 Å². The van der Waals surface area contributed by atoms with Crippen molar-refractivity contribution >= 4 is 12.0 Å². The van der Waals surface area contributed by atoms with Gasteiger partial charge < -0.3 is 19.4 Å². The number of piperidine rings is 1. The van der Waals surface area contributed by atoms with Crippen molar-refractivity contribution in [2.24, 2.45) is 11.8 Å². The number of likely N-dealkylation sites (tertiary alicyclic amines) is 2. The van der Waals surface area contributed by atoms with E-state index in [0.29, 0.717) is 17.8 Å². The van der Waals surface area contributed by atoms with Gasteiger partial charge in [-0.05, 0) is 55.2 Å². The Morgan fingerprint density at radius 1 is 0.892 bits per heavy atom. The van der Waals surface area contributed by atoms with Crippen LogP contribution in [0.15, 0.2) is 60.7 Å². The molecule has 0 spiro atoms. The van der Waals surface area contributed by atoms with Gasteiger partial charge in [-0.15, -0.1) is 0 Å². The third-order valence-electron chi connectivity index (χ3n) is 8.81. The van der Waals surface area contributed by atoms with Gasteiger partial charge in [-0.3, -0.25) is 4.79 Å². The number of amides is 2. The van der Waals surface area contributed by atoms with E-state index in [0.717, 1.165) is 57.7 Å². The second-order valence-corrected chi connectivity index (χ2v) is 11.2. The molecule has 0 radical (unpaired) electrons. The zero-order valence-corrected chi connectivity index (χ0v) is 22.1. The Kier molecular flexibility index (Phi) is 8.45. The third-order valence-corrected chi connectivity index (χ3v) is 8.81. The average molecular weight is 504 g/mol. The third kappa shape index (κ3) is 6.18. The van der Waals surface area contributed by atoms with E-state index in [1.54, 1.807) is 0 Å². The Morgan fingerprint density at radius 2 is 1.54 bits per heavy atom. The van der Waals surface area contributed by atoms with E-state index in [1.807, 2.05) is 40.1 Å². The van der Waals surface area contributed by atoms with Crippen molar-refractivity contribution in [2.75, 3.05) is 46.4 Å². The predicted molar refractivity (Wildman–Crippen MR) is 146 cm³/mol. The van der Waals surface area contributed by atoms with Crippen LogP contribution in [0.5, 0.6) is 0 Å². The van der Waals surface area contributed by atoms with E-state index in [4.69, 9.17) is 4.74 Å². The highest BCUT2D eigenvalue weighted by atomic mass is 16.5. The normalized spacial score (nSPS) is 23.3. The Hall–Kier alpha value is -2.86. The van der Waals surface area contributed by atoms with Crippen molar-refractivity contribution in [1.29, 1.82) is 0 Å². The number of rotatable bonds is 7. The van der Waals surface area contributed by atoms with E-state index < -0.39 is 0 Å². The molecule has 1 saturated carbocycles. The van der Waals surface area contributed by atoms with Gasteiger partial charge in [-0.25, -0.2) is 4.79 Å². The summed E-state index contributed by atoms with van der Waals surface area (Å²) in [7, 11) is 1.51. The van der Waals surface area contributed by atoms with E-state index in [9.17, 15) is 9.59 Å². The molecule has 2 heterocycles. The maximum atomic E-state index is 13.3. The van der Waals surface area contributed by atoms with Crippen LogP contribution in [0.3, 0.4) is 0 Å². The molecular formula is C31H41N3O3. The van der Waals surface area contributed by atoms with Crippen molar-refractivity contribution in [1.82, 2.24) is 14.7 Å². The highest BCUT2D eigenvalue weighted by Crippen LogP contribution is 2.35. The Balaban J connectivity index is 1.23. The summed E-state index contributed by atoms with van der Waals surface area (Å²) in [6, 6.07) is 20.6. The summed E-state index contributed by atoms with van der Waals surface area (Å²) in [5.74, 6) is 1.47. The Bertz CT molecular complexity index is 1020. The second kappa shape index (κ2) is 12.1. The van der Waals surface area contributed by atoms with Crippen LogP contribution in [0.2, 0.25) is 0 Å². The van der Waals surface area contributed by atoms with Gasteiger partial charge in [-0.1, -0.05) is 61.4 Å². The summed E-state index contributed by atoms with van der Waals surface area (Å²) in [6.45, 7) is 5.32. The predicted octanol–water partition coefficient (Wildman–Crippen LogP) is 5.27. The van der Waals surface area contributed by atoms with Gasteiger partial charge in [0.1, 0.15) is 0 Å². The fourth-order valence-electron chi connectivity index (χ4n) is 6.77. The zero-order chi connectivity index (χ0) is 25.6. The van der Waals surface area contributed by atoms with Crippen LogP contribution in [0.25, 0.3) is 0 Å². The minimum absolute atomic E-state index is 0.128. The molecule has 0 aromatic heterocycles. The molecule has 5 rings (SSSR count). The average Bonchev–Trinajstić information content (AvgIpc) is 3.63. The summed E-state index contributed by atoms with van der Waals surface area (Å²) >= 11 is 0. The first-order chi connectivity index (χ1) is 18.1. The molecule has 6 nitrogen and oxygen atoms in total. The van der Waals surface area contributed by atoms with Crippen molar-refractivity contribution in [3.8, 4) is 0 Å². The van der Waals surface area contributed by atoms with Crippen LogP contribution >= 0.6 is 0 Å². The fraction of sp³-hybridized carbons (Fsp3) is 0.548. The second-order valence-electron chi connectivity index (χ2n) is 11.2. The summed E-state index contributed by atoms with van der Waals surface area (Å²) in [5, 5.41) is 0. The SMILES string of the molecule is COC(=O)N(CC1CCCC1)C1CCN(C[C@H]2CN(C(=O)c3ccccc3)C[C@@H]2c2ccccc2)CC1. The van der Waals surface area contributed by atoms with Crippen LogP contribution in [-0.2, 0) is 4.74 Å². The van der Waals surface area contributed by atoms with Crippen molar-refractivity contribution < 1.29 is 14.3 Å². The summed E-state index contributed by atoms with van der Waals surface area (Å²) in [5.41, 5.74) is 2.08. The number of ether oxygens (including phenoxy) is 1. The number of carbonyl (C=O) groups excluding carboxylic acids is 2. The van der Waals surface area contributed by atoms with Gasteiger partial charge in [0.25, 0.3) is 5.91 Å². The quantitative estimate of drug-likeness (QED) is 0.517. The first kappa shape index (κ1) is 25.8. The van der Waals surface area contributed by atoms with Gasteiger partial charge in [0.05, 0.1) is 7.11 Å². The first-order valence-corrected chi connectivity index (χ1v) is 14.1. The smallest absolute Gasteiger partial charge is 0.409 e. The molecule has 37 heavy (non-hydrogen) atoms. The lowest BCUT2D eigenvalue weighted by Crippen LogP contribution is -2.49. The van der Waals surface area contributed by atoms with E-state index in [2.05, 4.69) is 35.2 Å². The topological polar surface area (TPSA) is 53.1 Å². The summed E-state index contributed by atoms with van der Waals surface area (Å²) < 4.78 is 5.18. The highest BCUT2D eigenvalue weighted by Gasteiger charge is 2.38. The number of methoxy groups -OCH3 is 1. The maximum absolute atomic E-state index is 13.3. The minimum atomic E-state index is -0.166. The molecule has 2 atom stereocenters. The zero-order valence-electron chi connectivity index (χ0n) is 22.1. The molecule has 3 aliphatic rings. The minimum Gasteiger partial charge on any atom is -0.453 e. The van der Waals surface area contributed by atoms with Crippen LogP contribution in [0, 0.1) is 11.8 Å². The number of hydrogen-bond acceptors (Lipinski definition) is 4. The lowest BCUT2D eigenvalue weighted by molar-refractivity contribution is 0.0658. The molecular weight excluding hydrogens is 462 g/mol. The van der Waals surface area contributed by atoms with Crippen molar-refractivity contribution in [3.05, 3.63) is 71.8 Å². The molecule has 2 saturated heterocycles. The van der Waals surface area contributed by atoms with Crippen LogP contribution in [-0.4, -0.2) is 79.1 Å². The largest absolute Gasteiger partial charge is 0.453 e. The maximum Gasteiger partial charge on any atom is 0.409 e. The van der Waals surface area contributed by atoms with E-state index >= 15 is 0 Å². The molecule has 2 aromatic rings. The Labute approximate surface area is 221 Å². The lowest BCUT2D eigenvalue weighted by atomic mass is 9.88. The highest BCUT2D eigenvalue weighted by molar-refractivity contribution is 5.94. The molecule has 3 fully saturated rings. The monoisotopic (exact) mass is 503 g/mol. The van der Waals surface area contributed by atoms with Gasteiger partial charge in [0, 0.05) is 56.8 Å². The standard InChI is InChI=1S/C31H41N3O3/c1-37-31(36)34(20-24-10-8-9-11-24)28-16-18-32(19-17-28)21-27-22-33(30(35)26-14-6-3-7-15-26)23-29(27)25-12-4-2-5-13-25/h2-7,12-15,24,27-29H,8-11,16-23H2,1H3/t27-,29+/m0/s1. The number of benzene rings is 2. The van der Waals surface area contributed by atoms with Gasteiger partial charge in [-0.2, -0.15) is 0 Å². The molecule has 2 amide bonds. The van der Waals surface area contributed by atoms with Crippen molar-refractivity contribution in [2.45, 2.75) is 50.5 Å². The number of carbonyl (C=O) groups is 2. The van der Waals surface area contributed by atoms with Gasteiger partial charge in [0.2, 0.25) is 0 Å². The van der Waals surface area contributed by atoms with Crippen LogP contribution in [0.4, 0.5) is 4.79 Å². The molecule has 1 aliphatic carbocycles. The number of nitrogens with zero attached hydrogens (tertiary/aromatic N) is 3. The van der Waals surface area contributed by atoms with Crippen LogP contribution in [0.1, 0.15) is 60.4 Å².